The highest BCUT2D eigenvalue weighted by Gasteiger charge is 2.17. The van der Waals surface area contributed by atoms with Gasteiger partial charge < -0.3 is 15.0 Å². The first-order valence-corrected chi connectivity index (χ1v) is 10.6. The second-order valence-corrected chi connectivity index (χ2v) is 8.02. The standard InChI is InChI=1S/C24H32N4O2/c1-6-21-24(27(4)14-13-17(2)3)28-16-19(9-12-22(28)26-21)23(29)25-15-18-7-10-20(30-5)11-8-18/h7-12,16-17H,6,13-15H2,1-5H3,(H,25,29). The Morgan fingerprint density at radius 1 is 1.20 bits per heavy atom. The molecule has 2 aromatic heterocycles. The van der Waals surface area contributed by atoms with Gasteiger partial charge in [0.1, 0.15) is 17.2 Å². The van der Waals surface area contributed by atoms with Crippen molar-refractivity contribution < 1.29 is 9.53 Å². The molecule has 0 bridgehead atoms. The highest BCUT2D eigenvalue weighted by atomic mass is 16.5. The van der Waals surface area contributed by atoms with Crippen LogP contribution < -0.4 is 15.0 Å². The van der Waals surface area contributed by atoms with Crippen molar-refractivity contribution in [1.82, 2.24) is 14.7 Å². The first kappa shape index (κ1) is 21.7. The number of aromatic nitrogens is 2. The van der Waals surface area contributed by atoms with Gasteiger partial charge in [-0.2, -0.15) is 0 Å². The molecule has 0 spiro atoms. The molecule has 0 atom stereocenters. The van der Waals surface area contributed by atoms with Crippen LogP contribution in [-0.4, -0.2) is 36.0 Å². The van der Waals surface area contributed by atoms with Crippen molar-refractivity contribution in [3.63, 3.8) is 0 Å². The Balaban J connectivity index is 1.80. The van der Waals surface area contributed by atoms with Crippen molar-refractivity contribution >= 4 is 17.4 Å². The van der Waals surface area contributed by atoms with Crippen LogP contribution in [0, 0.1) is 5.92 Å². The summed E-state index contributed by atoms with van der Waals surface area (Å²) in [5.74, 6) is 2.40. The van der Waals surface area contributed by atoms with Crippen LogP contribution in [0.15, 0.2) is 42.6 Å². The molecule has 0 fully saturated rings. The highest BCUT2D eigenvalue weighted by molar-refractivity contribution is 5.94. The lowest BCUT2D eigenvalue weighted by Gasteiger charge is -2.21. The van der Waals surface area contributed by atoms with Crippen LogP contribution in [0.3, 0.4) is 0 Å². The van der Waals surface area contributed by atoms with Crippen molar-refractivity contribution in [2.75, 3.05) is 25.6 Å². The Morgan fingerprint density at radius 2 is 1.93 bits per heavy atom. The number of aryl methyl sites for hydroxylation is 1. The van der Waals surface area contributed by atoms with E-state index < -0.39 is 0 Å². The average molecular weight is 409 g/mol. The third-order valence-electron chi connectivity index (χ3n) is 5.28. The van der Waals surface area contributed by atoms with Crippen LogP contribution in [0.2, 0.25) is 0 Å². The van der Waals surface area contributed by atoms with E-state index >= 15 is 0 Å². The summed E-state index contributed by atoms with van der Waals surface area (Å²) in [7, 11) is 3.74. The van der Waals surface area contributed by atoms with Crippen LogP contribution in [0.25, 0.3) is 5.65 Å². The van der Waals surface area contributed by atoms with Crippen molar-refractivity contribution in [1.29, 1.82) is 0 Å². The van der Waals surface area contributed by atoms with Crippen LogP contribution in [-0.2, 0) is 13.0 Å². The van der Waals surface area contributed by atoms with E-state index in [2.05, 4.69) is 38.0 Å². The molecule has 0 saturated carbocycles. The lowest BCUT2D eigenvalue weighted by Crippen LogP contribution is -2.24. The number of carbonyl (C=O) groups is 1. The van der Waals surface area contributed by atoms with Crippen molar-refractivity contribution in [2.24, 2.45) is 5.92 Å². The number of ether oxygens (including phenoxy) is 1. The Kier molecular flexibility index (Phi) is 6.98. The van der Waals surface area contributed by atoms with Crippen molar-refractivity contribution in [3.8, 4) is 5.75 Å². The molecule has 0 aliphatic rings. The fraction of sp³-hybridized carbons (Fsp3) is 0.417. The van der Waals surface area contributed by atoms with Crippen LogP contribution >= 0.6 is 0 Å². The number of methoxy groups -OCH3 is 1. The van der Waals surface area contributed by atoms with E-state index in [-0.39, 0.29) is 5.91 Å². The van der Waals surface area contributed by atoms with E-state index in [1.807, 2.05) is 47.0 Å². The molecule has 3 aromatic rings. The van der Waals surface area contributed by atoms with Crippen molar-refractivity contribution in [2.45, 2.75) is 40.2 Å². The van der Waals surface area contributed by atoms with Gasteiger partial charge in [0.15, 0.2) is 0 Å². The molecule has 0 unspecified atom stereocenters. The molecule has 0 aliphatic heterocycles. The minimum absolute atomic E-state index is 0.102. The number of imidazole rings is 1. The van der Waals surface area contributed by atoms with Crippen molar-refractivity contribution in [3.05, 3.63) is 59.4 Å². The zero-order chi connectivity index (χ0) is 21.7. The fourth-order valence-corrected chi connectivity index (χ4v) is 3.44. The Labute approximate surface area is 178 Å². The minimum atomic E-state index is -0.102. The molecular formula is C24H32N4O2. The number of rotatable bonds is 9. The maximum atomic E-state index is 12.8. The SMILES string of the molecule is CCc1nc2ccc(C(=O)NCc3ccc(OC)cc3)cn2c1N(C)CCC(C)C. The third-order valence-corrected chi connectivity index (χ3v) is 5.28. The van der Waals surface area contributed by atoms with Gasteiger partial charge in [0, 0.05) is 26.3 Å². The molecule has 6 nitrogen and oxygen atoms in total. The number of benzene rings is 1. The summed E-state index contributed by atoms with van der Waals surface area (Å²) in [6.07, 6.45) is 3.85. The lowest BCUT2D eigenvalue weighted by atomic mass is 10.1. The number of nitrogens with zero attached hydrogens (tertiary/aromatic N) is 3. The van der Waals surface area contributed by atoms with E-state index in [9.17, 15) is 4.79 Å². The van der Waals surface area contributed by atoms with Gasteiger partial charge in [-0.1, -0.05) is 32.9 Å². The summed E-state index contributed by atoms with van der Waals surface area (Å²) in [5.41, 5.74) is 3.56. The zero-order valence-electron chi connectivity index (χ0n) is 18.6. The van der Waals surface area contributed by atoms with Gasteiger partial charge >= 0.3 is 0 Å². The predicted molar refractivity (Wildman–Crippen MR) is 121 cm³/mol. The topological polar surface area (TPSA) is 58.9 Å². The van der Waals surface area contributed by atoms with E-state index in [0.29, 0.717) is 18.0 Å². The number of hydrogen-bond acceptors (Lipinski definition) is 4. The summed E-state index contributed by atoms with van der Waals surface area (Å²) < 4.78 is 7.22. The molecule has 1 amide bonds. The largest absolute Gasteiger partial charge is 0.497 e. The minimum Gasteiger partial charge on any atom is -0.497 e. The Bertz CT molecular complexity index is 992. The monoisotopic (exact) mass is 408 g/mol. The lowest BCUT2D eigenvalue weighted by molar-refractivity contribution is 0.0950. The second kappa shape index (κ2) is 9.65. The average Bonchev–Trinajstić information content (AvgIpc) is 3.14. The fourth-order valence-electron chi connectivity index (χ4n) is 3.44. The van der Waals surface area contributed by atoms with Gasteiger partial charge in [-0.25, -0.2) is 4.98 Å². The molecule has 160 valence electrons. The number of hydrogen-bond donors (Lipinski definition) is 1. The number of anilines is 1. The Morgan fingerprint density at radius 3 is 2.57 bits per heavy atom. The molecule has 1 N–H and O–H groups in total. The van der Waals surface area contributed by atoms with Crippen LogP contribution in [0.1, 0.15) is 48.8 Å². The molecular weight excluding hydrogens is 376 g/mol. The summed E-state index contributed by atoms with van der Waals surface area (Å²) in [4.78, 5) is 19.8. The number of amides is 1. The van der Waals surface area contributed by atoms with Crippen LogP contribution in [0.4, 0.5) is 5.82 Å². The summed E-state index contributed by atoms with van der Waals surface area (Å²) in [6, 6.07) is 11.4. The molecule has 3 rings (SSSR count). The van der Waals surface area contributed by atoms with E-state index in [1.165, 1.54) is 0 Å². The molecule has 2 heterocycles. The normalized spacial score (nSPS) is 11.1. The molecule has 0 radical (unpaired) electrons. The number of pyridine rings is 1. The third kappa shape index (κ3) is 4.93. The van der Waals surface area contributed by atoms with E-state index in [1.54, 1.807) is 7.11 Å². The molecule has 30 heavy (non-hydrogen) atoms. The first-order chi connectivity index (χ1) is 14.4. The van der Waals surface area contributed by atoms with Gasteiger partial charge in [0.05, 0.1) is 18.4 Å². The molecule has 0 aliphatic carbocycles. The van der Waals surface area contributed by atoms with E-state index in [4.69, 9.17) is 9.72 Å². The van der Waals surface area contributed by atoms with E-state index in [0.717, 1.165) is 47.9 Å². The predicted octanol–water partition coefficient (Wildman–Crippen LogP) is 4.32. The summed E-state index contributed by atoms with van der Waals surface area (Å²) in [6.45, 7) is 7.99. The van der Waals surface area contributed by atoms with Gasteiger partial charge in [-0.05, 0) is 48.6 Å². The highest BCUT2D eigenvalue weighted by Crippen LogP contribution is 2.24. The number of carbonyl (C=O) groups excluding carboxylic acids is 1. The van der Waals surface area contributed by atoms with Gasteiger partial charge in [0.25, 0.3) is 5.91 Å². The second-order valence-electron chi connectivity index (χ2n) is 8.02. The Hall–Kier alpha value is -3.02. The smallest absolute Gasteiger partial charge is 0.253 e. The summed E-state index contributed by atoms with van der Waals surface area (Å²) >= 11 is 0. The maximum Gasteiger partial charge on any atom is 0.253 e. The maximum absolute atomic E-state index is 12.8. The van der Waals surface area contributed by atoms with Gasteiger partial charge in [-0.3, -0.25) is 9.20 Å². The summed E-state index contributed by atoms with van der Waals surface area (Å²) in [5, 5.41) is 3.00. The quantitative estimate of drug-likeness (QED) is 0.573. The number of fused-ring (bicyclic) bond motifs is 1. The zero-order valence-corrected chi connectivity index (χ0v) is 18.6. The number of nitrogens with one attached hydrogen (secondary N) is 1. The molecule has 6 heteroatoms. The van der Waals surface area contributed by atoms with Crippen LogP contribution in [0.5, 0.6) is 5.75 Å². The molecule has 0 saturated heterocycles. The van der Waals surface area contributed by atoms with Gasteiger partial charge in [-0.15, -0.1) is 0 Å². The van der Waals surface area contributed by atoms with Gasteiger partial charge in [0.2, 0.25) is 0 Å². The first-order valence-electron chi connectivity index (χ1n) is 10.6. The molecule has 1 aromatic carbocycles.